The average molecular weight is 463 g/mol. The first kappa shape index (κ1) is 22.2. The van der Waals surface area contributed by atoms with Crippen LogP contribution in [0.15, 0.2) is 71.6 Å². The Hall–Kier alpha value is -2.54. The van der Waals surface area contributed by atoms with E-state index >= 15 is 0 Å². The highest BCUT2D eigenvalue weighted by atomic mass is 35.5. The molecule has 2 N–H and O–H groups in total. The van der Waals surface area contributed by atoms with Gasteiger partial charge >= 0.3 is 0 Å². The molecule has 0 saturated heterocycles. The van der Waals surface area contributed by atoms with Crippen molar-refractivity contribution in [2.75, 3.05) is 10.6 Å². The third-order valence-electron chi connectivity index (χ3n) is 4.11. The molecule has 0 aliphatic rings. The molecule has 0 fully saturated rings. The molecule has 0 saturated carbocycles. The van der Waals surface area contributed by atoms with E-state index in [1.807, 2.05) is 0 Å². The highest BCUT2D eigenvalue weighted by Gasteiger charge is 2.16. The lowest BCUT2D eigenvalue weighted by molar-refractivity contribution is -0.115. The number of thioether (sulfide) groups is 1. The predicted molar refractivity (Wildman–Crippen MR) is 121 cm³/mol. The van der Waals surface area contributed by atoms with Crippen molar-refractivity contribution >= 4 is 58.2 Å². The molecule has 0 bridgehead atoms. The smallest absolute Gasteiger partial charge is 0.255 e. The summed E-state index contributed by atoms with van der Waals surface area (Å²) in [5.41, 5.74) is 1.41. The largest absolute Gasteiger partial charge is 0.324 e. The Bertz CT molecular complexity index is 1060. The normalized spacial score (nSPS) is 11.6. The molecular weight excluding hydrogens is 446 g/mol. The fraction of sp³-hybridized carbons (Fsp3) is 0.0909. The molecule has 30 heavy (non-hydrogen) atoms. The van der Waals surface area contributed by atoms with Crippen LogP contribution in [0.2, 0.25) is 10.0 Å². The average Bonchev–Trinajstić information content (AvgIpc) is 2.73. The van der Waals surface area contributed by atoms with Gasteiger partial charge in [0.05, 0.1) is 21.0 Å². The summed E-state index contributed by atoms with van der Waals surface area (Å²) >= 11 is 13.4. The third-order valence-corrected chi connectivity index (χ3v) is 6.04. The Morgan fingerprint density at radius 2 is 1.60 bits per heavy atom. The van der Waals surface area contributed by atoms with Gasteiger partial charge in [-0.2, -0.15) is 0 Å². The molecule has 2 amide bonds. The van der Waals surface area contributed by atoms with E-state index in [1.165, 1.54) is 36.0 Å². The molecule has 3 rings (SSSR count). The van der Waals surface area contributed by atoms with Crippen molar-refractivity contribution in [2.24, 2.45) is 0 Å². The Balaban J connectivity index is 1.58. The second-order valence-corrected chi connectivity index (χ2v) is 8.54. The van der Waals surface area contributed by atoms with Crippen LogP contribution in [0.1, 0.15) is 17.3 Å². The highest BCUT2D eigenvalue weighted by molar-refractivity contribution is 8.00. The molecule has 1 atom stereocenters. The summed E-state index contributed by atoms with van der Waals surface area (Å²) in [7, 11) is 0. The minimum Gasteiger partial charge on any atom is -0.324 e. The van der Waals surface area contributed by atoms with Gasteiger partial charge < -0.3 is 10.6 Å². The van der Waals surface area contributed by atoms with E-state index in [-0.39, 0.29) is 17.1 Å². The van der Waals surface area contributed by atoms with E-state index in [0.717, 1.165) is 4.90 Å². The molecule has 0 aliphatic heterocycles. The number of hydrogen-bond donors (Lipinski definition) is 2. The monoisotopic (exact) mass is 462 g/mol. The van der Waals surface area contributed by atoms with Gasteiger partial charge in [-0.05, 0) is 67.6 Å². The van der Waals surface area contributed by atoms with Crippen molar-refractivity contribution in [3.8, 4) is 0 Å². The van der Waals surface area contributed by atoms with E-state index < -0.39 is 5.82 Å². The number of halogens is 3. The summed E-state index contributed by atoms with van der Waals surface area (Å²) in [6.07, 6.45) is 0. The topological polar surface area (TPSA) is 58.2 Å². The van der Waals surface area contributed by atoms with Crippen molar-refractivity contribution in [1.29, 1.82) is 0 Å². The van der Waals surface area contributed by atoms with E-state index in [9.17, 15) is 14.0 Å². The molecule has 1 unspecified atom stereocenters. The maximum atomic E-state index is 13.0. The van der Waals surface area contributed by atoms with Crippen LogP contribution < -0.4 is 10.6 Å². The Kier molecular flexibility index (Phi) is 7.37. The van der Waals surface area contributed by atoms with Crippen molar-refractivity contribution in [3.05, 3.63) is 88.2 Å². The number of amides is 2. The summed E-state index contributed by atoms with van der Waals surface area (Å²) in [5, 5.41) is 5.80. The van der Waals surface area contributed by atoms with Gasteiger partial charge in [-0.25, -0.2) is 4.39 Å². The van der Waals surface area contributed by atoms with Gasteiger partial charge in [0.2, 0.25) is 5.91 Å². The zero-order valence-corrected chi connectivity index (χ0v) is 18.1. The van der Waals surface area contributed by atoms with Crippen LogP contribution in [-0.2, 0) is 4.79 Å². The molecule has 3 aromatic carbocycles. The zero-order valence-electron chi connectivity index (χ0n) is 15.8. The molecule has 0 heterocycles. The maximum Gasteiger partial charge on any atom is 0.255 e. The molecule has 0 aliphatic carbocycles. The fourth-order valence-electron chi connectivity index (χ4n) is 2.51. The van der Waals surface area contributed by atoms with Gasteiger partial charge in [-0.15, -0.1) is 11.8 Å². The van der Waals surface area contributed by atoms with Crippen LogP contribution in [0.3, 0.4) is 0 Å². The second-order valence-electron chi connectivity index (χ2n) is 6.34. The Morgan fingerprint density at radius 1 is 0.933 bits per heavy atom. The summed E-state index contributed by atoms with van der Waals surface area (Å²) in [6, 6.07) is 17.4. The van der Waals surface area contributed by atoms with Crippen molar-refractivity contribution in [1.82, 2.24) is 0 Å². The molecule has 154 valence electrons. The number of benzene rings is 3. The Labute approximate surface area is 187 Å². The molecular formula is C22H17Cl2FN2O2S. The first-order chi connectivity index (χ1) is 14.3. The minimum atomic E-state index is -0.399. The van der Waals surface area contributed by atoms with E-state index in [1.54, 1.807) is 49.4 Å². The van der Waals surface area contributed by atoms with Crippen molar-refractivity contribution in [3.63, 3.8) is 0 Å². The van der Waals surface area contributed by atoms with Crippen molar-refractivity contribution in [2.45, 2.75) is 17.1 Å². The first-order valence-electron chi connectivity index (χ1n) is 8.92. The minimum absolute atomic E-state index is 0.210. The predicted octanol–water partition coefficient (Wildman–Crippen LogP) is 6.50. The van der Waals surface area contributed by atoms with Gasteiger partial charge in [0.1, 0.15) is 5.82 Å². The van der Waals surface area contributed by atoms with E-state index in [2.05, 4.69) is 10.6 Å². The zero-order chi connectivity index (χ0) is 21.7. The summed E-state index contributed by atoms with van der Waals surface area (Å²) in [5.74, 6) is -0.942. The lowest BCUT2D eigenvalue weighted by Crippen LogP contribution is -2.22. The molecule has 4 nitrogen and oxygen atoms in total. The van der Waals surface area contributed by atoms with Crippen LogP contribution in [0.25, 0.3) is 0 Å². The molecule has 0 radical (unpaired) electrons. The number of nitrogens with one attached hydrogen (secondary N) is 2. The van der Waals surface area contributed by atoms with Crippen LogP contribution in [0, 0.1) is 5.82 Å². The summed E-state index contributed by atoms with van der Waals surface area (Å²) in [4.78, 5) is 25.5. The quantitative estimate of drug-likeness (QED) is 0.410. The number of hydrogen-bond acceptors (Lipinski definition) is 3. The maximum absolute atomic E-state index is 13.0. The molecule has 0 aromatic heterocycles. The van der Waals surface area contributed by atoms with E-state index in [0.29, 0.717) is 27.0 Å². The van der Waals surface area contributed by atoms with Gasteiger partial charge in [0, 0.05) is 16.1 Å². The van der Waals surface area contributed by atoms with Gasteiger partial charge in [0.25, 0.3) is 5.91 Å². The van der Waals surface area contributed by atoms with Crippen LogP contribution in [0.4, 0.5) is 15.8 Å². The first-order valence-corrected chi connectivity index (χ1v) is 10.6. The summed E-state index contributed by atoms with van der Waals surface area (Å²) in [6.45, 7) is 1.78. The summed E-state index contributed by atoms with van der Waals surface area (Å²) < 4.78 is 13.0. The van der Waals surface area contributed by atoms with Crippen molar-refractivity contribution < 1.29 is 14.0 Å². The highest BCUT2D eigenvalue weighted by Crippen LogP contribution is 2.31. The van der Waals surface area contributed by atoms with Gasteiger partial charge in [-0.1, -0.05) is 29.3 Å². The molecule has 3 aromatic rings. The third kappa shape index (κ3) is 5.75. The molecule has 8 heteroatoms. The van der Waals surface area contributed by atoms with E-state index in [4.69, 9.17) is 23.2 Å². The number of carbonyl (C=O) groups is 2. The fourth-order valence-corrected chi connectivity index (χ4v) is 3.73. The second kappa shape index (κ2) is 9.98. The lowest BCUT2D eigenvalue weighted by atomic mass is 10.2. The molecule has 0 spiro atoms. The lowest BCUT2D eigenvalue weighted by Gasteiger charge is -2.14. The van der Waals surface area contributed by atoms with Gasteiger partial charge in [0.15, 0.2) is 0 Å². The number of anilines is 2. The standard InChI is InChI=1S/C22H17Cl2FN2O2S/c1-13(21(28)27-19-4-2-3-18(23)20(19)24)30-17-11-9-16(10-12-17)26-22(29)14-5-7-15(25)8-6-14/h2-13H,1H3,(H,26,29)(H,27,28). The van der Waals surface area contributed by atoms with Crippen LogP contribution in [0.5, 0.6) is 0 Å². The van der Waals surface area contributed by atoms with Gasteiger partial charge in [-0.3, -0.25) is 9.59 Å². The van der Waals surface area contributed by atoms with Crippen LogP contribution in [-0.4, -0.2) is 17.1 Å². The Morgan fingerprint density at radius 3 is 2.27 bits per heavy atom. The van der Waals surface area contributed by atoms with Crippen LogP contribution >= 0.6 is 35.0 Å². The number of rotatable bonds is 6. The number of carbonyl (C=O) groups excluding carboxylic acids is 2. The SMILES string of the molecule is CC(Sc1ccc(NC(=O)c2ccc(F)cc2)cc1)C(=O)Nc1cccc(Cl)c1Cl.